The van der Waals surface area contributed by atoms with E-state index in [1.165, 1.54) is 11.3 Å². The first-order chi connectivity index (χ1) is 9.83. The Morgan fingerprint density at radius 1 is 1.35 bits per heavy atom. The molecule has 0 radical (unpaired) electrons. The van der Waals surface area contributed by atoms with Crippen LogP contribution in [0.2, 0.25) is 0 Å². The monoisotopic (exact) mass is 289 g/mol. The molecule has 0 spiro atoms. The number of nitrogens with one attached hydrogen (secondary N) is 1. The Balaban J connectivity index is 1.66. The smallest absolute Gasteiger partial charge is 0.276 e. The standard InChI is InChI=1S/C14H15N3O2S/c18-13(11-3-1-2-6-15-11)17-14-16-12(9-20-14)10-4-7-19-8-5-10/h1-3,6,9-10H,4-5,7-8H2,(H,16,17,18). The minimum absolute atomic E-state index is 0.224. The van der Waals surface area contributed by atoms with Crippen LogP contribution in [-0.2, 0) is 4.74 Å². The van der Waals surface area contributed by atoms with Gasteiger partial charge < -0.3 is 4.74 Å². The zero-order chi connectivity index (χ0) is 13.8. The van der Waals surface area contributed by atoms with Crippen molar-refractivity contribution in [3.8, 4) is 0 Å². The molecule has 104 valence electrons. The minimum atomic E-state index is -0.224. The fourth-order valence-corrected chi connectivity index (χ4v) is 2.97. The van der Waals surface area contributed by atoms with E-state index in [-0.39, 0.29) is 5.91 Å². The van der Waals surface area contributed by atoms with Gasteiger partial charge in [-0.15, -0.1) is 11.3 Å². The summed E-state index contributed by atoms with van der Waals surface area (Å²) in [5.41, 5.74) is 1.45. The van der Waals surface area contributed by atoms with Crippen LogP contribution in [0.25, 0.3) is 0 Å². The lowest BCUT2D eigenvalue weighted by atomic mass is 9.98. The van der Waals surface area contributed by atoms with Gasteiger partial charge in [0.25, 0.3) is 5.91 Å². The topological polar surface area (TPSA) is 64.1 Å². The summed E-state index contributed by atoms with van der Waals surface area (Å²) in [7, 11) is 0. The highest BCUT2D eigenvalue weighted by Gasteiger charge is 2.19. The van der Waals surface area contributed by atoms with E-state index in [9.17, 15) is 4.79 Å². The maximum atomic E-state index is 12.0. The number of thiazole rings is 1. The highest BCUT2D eigenvalue weighted by Crippen LogP contribution is 2.29. The van der Waals surface area contributed by atoms with Gasteiger partial charge in [0.15, 0.2) is 5.13 Å². The highest BCUT2D eigenvalue weighted by molar-refractivity contribution is 7.14. The Morgan fingerprint density at radius 2 is 2.20 bits per heavy atom. The van der Waals surface area contributed by atoms with Crippen LogP contribution in [0.4, 0.5) is 5.13 Å². The summed E-state index contributed by atoms with van der Waals surface area (Å²) in [6, 6.07) is 5.25. The van der Waals surface area contributed by atoms with Crippen LogP contribution in [0.1, 0.15) is 34.9 Å². The maximum Gasteiger partial charge on any atom is 0.276 e. The number of pyridine rings is 1. The third-order valence-corrected chi connectivity index (χ3v) is 4.06. The molecule has 0 aliphatic carbocycles. The molecule has 2 aromatic heterocycles. The number of nitrogens with zero attached hydrogens (tertiary/aromatic N) is 2. The van der Waals surface area contributed by atoms with E-state index < -0.39 is 0 Å². The first-order valence-electron chi connectivity index (χ1n) is 6.58. The summed E-state index contributed by atoms with van der Waals surface area (Å²) >= 11 is 1.45. The van der Waals surface area contributed by atoms with Gasteiger partial charge in [-0.1, -0.05) is 6.07 Å². The Hall–Kier alpha value is -1.79. The van der Waals surface area contributed by atoms with Crippen LogP contribution in [0.15, 0.2) is 29.8 Å². The van der Waals surface area contributed by atoms with Gasteiger partial charge in [-0.25, -0.2) is 4.98 Å². The molecule has 6 heteroatoms. The fraction of sp³-hybridized carbons (Fsp3) is 0.357. The van der Waals surface area contributed by atoms with Crippen LogP contribution in [0.3, 0.4) is 0 Å². The predicted molar refractivity (Wildman–Crippen MR) is 77.1 cm³/mol. The quantitative estimate of drug-likeness (QED) is 0.943. The van der Waals surface area contributed by atoms with Gasteiger partial charge in [-0.3, -0.25) is 15.1 Å². The van der Waals surface area contributed by atoms with Crippen LogP contribution in [-0.4, -0.2) is 29.1 Å². The molecule has 2 aromatic rings. The minimum Gasteiger partial charge on any atom is -0.381 e. The van der Waals surface area contributed by atoms with Crippen molar-refractivity contribution in [3.63, 3.8) is 0 Å². The van der Waals surface area contributed by atoms with E-state index in [4.69, 9.17) is 4.74 Å². The predicted octanol–water partition coefficient (Wildman–Crippen LogP) is 2.68. The number of anilines is 1. The Bertz CT molecular complexity index is 579. The number of hydrogen-bond donors (Lipinski definition) is 1. The molecular formula is C14H15N3O2S. The molecule has 5 nitrogen and oxygen atoms in total. The van der Waals surface area contributed by atoms with Gasteiger partial charge in [0.2, 0.25) is 0 Å². The number of rotatable bonds is 3. The van der Waals surface area contributed by atoms with Gasteiger partial charge in [-0.05, 0) is 25.0 Å². The lowest BCUT2D eigenvalue weighted by molar-refractivity contribution is 0.0846. The lowest BCUT2D eigenvalue weighted by Crippen LogP contribution is -2.15. The molecule has 1 aliphatic rings. The van der Waals surface area contributed by atoms with E-state index >= 15 is 0 Å². The molecular weight excluding hydrogens is 274 g/mol. The summed E-state index contributed by atoms with van der Waals surface area (Å²) < 4.78 is 5.35. The van der Waals surface area contributed by atoms with Gasteiger partial charge >= 0.3 is 0 Å². The number of aromatic nitrogens is 2. The first-order valence-corrected chi connectivity index (χ1v) is 7.46. The molecule has 3 rings (SSSR count). The highest BCUT2D eigenvalue weighted by atomic mass is 32.1. The van der Waals surface area contributed by atoms with E-state index in [2.05, 4.69) is 15.3 Å². The van der Waals surface area contributed by atoms with E-state index in [0.717, 1.165) is 31.7 Å². The maximum absolute atomic E-state index is 12.0. The molecule has 1 fully saturated rings. The van der Waals surface area contributed by atoms with Crippen molar-refractivity contribution in [3.05, 3.63) is 41.2 Å². The molecule has 0 unspecified atom stereocenters. The number of carbonyl (C=O) groups is 1. The second-order valence-corrected chi connectivity index (χ2v) is 5.49. The second-order valence-electron chi connectivity index (χ2n) is 4.63. The zero-order valence-corrected chi connectivity index (χ0v) is 11.7. The number of hydrogen-bond acceptors (Lipinski definition) is 5. The molecule has 20 heavy (non-hydrogen) atoms. The molecule has 0 aromatic carbocycles. The van der Waals surface area contributed by atoms with Crippen molar-refractivity contribution in [1.29, 1.82) is 0 Å². The molecule has 1 saturated heterocycles. The van der Waals surface area contributed by atoms with Crippen molar-refractivity contribution in [2.75, 3.05) is 18.5 Å². The Labute approximate surface area is 121 Å². The van der Waals surface area contributed by atoms with Crippen molar-refractivity contribution in [2.24, 2.45) is 0 Å². The van der Waals surface area contributed by atoms with Crippen LogP contribution in [0, 0.1) is 0 Å². The van der Waals surface area contributed by atoms with Crippen molar-refractivity contribution in [2.45, 2.75) is 18.8 Å². The fourth-order valence-electron chi connectivity index (χ4n) is 2.18. The molecule has 0 saturated carbocycles. The molecule has 1 aliphatic heterocycles. The Kier molecular flexibility index (Phi) is 4.03. The number of carbonyl (C=O) groups excluding carboxylic acids is 1. The largest absolute Gasteiger partial charge is 0.381 e. The van der Waals surface area contributed by atoms with Crippen molar-refractivity contribution in [1.82, 2.24) is 9.97 Å². The summed E-state index contributed by atoms with van der Waals surface area (Å²) in [5.74, 6) is 0.221. The van der Waals surface area contributed by atoms with Crippen LogP contribution in [0.5, 0.6) is 0 Å². The van der Waals surface area contributed by atoms with Gasteiger partial charge in [-0.2, -0.15) is 0 Å². The molecule has 1 amide bonds. The normalized spacial score (nSPS) is 16.0. The SMILES string of the molecule is O=C(Nc1nc(C2CCOCC2)cs1)c1ccccn1. The summed E-state index contributed by atoms with van der Waals surface area (Å²) in [4.78, 5) is 20.5. The summed E-state index contributed by atoms with van der Waals surface area (Å²) in [5, 5.41) is 5.44. The van der Waals surface area contributed by atoms with Gasteiger partial charge in [0, 0.05) is 30.7 Å². The molecule has 0 atom stereocenters. The average molecular weight is 289 g/mol. The summed E-state index contributed by atoms with van der Waals surface area (Å²) in [6.07, 6.45) is 3.60. The average Bonchev–Trinajstić information content (AvgIpc) is 2.97. The molecule has 3 heterocycles. The van der Waals surface area contributed by atoms with Gasteiger partial charge in [0.05, 0.1) is 5.69 Å². The molecule has 0 bridgehead atoms. The van der Waals surface area contributed by atoms with Crippen molar-refractivity contribution >= 4 is 22.4 Å². The van der Waals surface area contributed by atoms with Crippen LogP contribution >= 0.6 is 11.3 Å². The van der Waals surface area contributed by atoms with Crippen LogP contribution < -0.4 is 5.32 Å². The third kappa shape index (κ3) is 3.02. The van der Waals surface area contributed by atoms with Crippen molar-refractivity contribution < 1.29 is 9.53 Å². The first kappa shape index (κ1) is 13.2. The lowest BCUT2D eigenvalue weighted by Gasteiger charge is -2.19. The van der Waals surface area contributed by atoms with E-state index in [1.807, 2.05) is 5.38 Å². The second kappa shape index (κ2) is 6.11. The summed E-state index contributed by atoms with van der Waals surface area (Å²) in [6.45, 7) is 1.58. The van der Waals surface area contributed by atoms with E-state index in [1.54, 1.807) is 24.4 Å². The zero-order valence-electron chi connectivity index (χ0n) is 10.9. The van der Waals surface area contributed by atoms with Gasteiger partial charge in [0.1, 0.15) is 5.69 Å². The van der Waals surface area contributed by atoms with E-state index in [0.29, 0.717) is 16.7 Å². The molecule has 1 N–H and O–H groups in total. The third-order valence-electron chi connectivity index (χ3n) is 3.28. The number of ether oxygens (including phenoxy) is 1. The Morgan fingerprint density at radius 3 is 2.95 bits per heavy atom. The number of amides is 1.